The van der Waals surface area contributed by atoms with Gasteiger partial charge in [0.1, 0.15) is 8.55 Å². The van der Waals surface area contributed by atoms with E-state index in [1.807, 2.05) is 0 Å². The van der Waals surface area contributed by atoms with Crippen LogP contribution in [0.25, 0.3) is 0 Å². The van der Waals surface area contributed by atoms with Crippen molar-refractivity contribution in [2.24, 2.45) is 0 Å². The summed E-state index contributed by atoms with van der Waals surface area (Å²) < 4.78 is 19.0. The molecular weight excluding hydrogens is 155 g/mol. The van der Waals surface area contributed by atoms with Crippen molar-refractivity contribution in [2.45, 2.75) is 0 Å². The fourth-order valence-electron chi connectivity index (χ4n) is 0.0393. The molecule has 0 N–H and O–H groups in total. The Morgan fingerprint density at radius 1 is 1.17 bits per heavy atom. The van der Waals surface area contributed by atoms with Gasteiger partial charge in [-0.05, 0) is 0 Å². The van der Waals surface area contributed by atoms with Crippen LogP contribution in [0.4, 0.5) is 0 Å². The van der Waals surface area contributed by atoms with Gasteiger partial charge in [-0.15, -0.1) is 0 Å². The zero-order valence-electron chi connectivity index (χ0n) is 2.68. The van der Waals surface area contributed by atoms with Crippen molar-refractivity contribution < 1.29 is 8.92 Å². The third-order valence-electron chi connectivity index (χ3n) is 0.192. The quantitative estimate of drug-likeness (QED) is 0.401. The van der Waals surface area contributed by atoms with Crippen molar-refractivity contribution in [3.63, 3.8) is 0 Å². The van der Waals surface area contributed by atoms with Crippen molar-refractivity contribution in [2.75, 3.05) is 0 Å². The van der Waals surface area contributed by atoms with Crippen LogP contribution < -0.4 is 0 Å². The van der Waals surface area contributed by atoms with Gasteiger partial charge >= 0.3 is 51.4 Å². The molecule has 0 aromatic heterocycles. The molecule has 0 atom stereocenters. The molecule has 0 aromatic carbocycles. The van der Waals surface area contributed by atoms with Gasteiger partial charge in [-0.25, -0.2) is 0 Å². The second-order valence-corrected chi connectivity index (χ2v) is 9.36. The topological polar surface area (TPSA) is 34.1 Å². The SMILES string of the molecule is O=[SiH][SiH2][SiH]=O.[KH]. The molecule has 0 aliphatic heterocycles. The predicted molar refractivity (Wildman–Crippen MR) is 31.4 cm³/mol. The van der Waals surface area contributed by atoms with Crippen LogP contribution in [-0.4, -0.2) is 77.8 Å². The molecule has 30 valence electrons. The molecule has 6 heteroatoms. The van der Waals surface area contributed by atoms with Crippen LogP contribution in [0.2, 0.25) is 0 Å². The molecule has 0 bridgehead atoms. The van der Waals surface area contributed by atoms with Gasteiger partial charge < -0.3 is 8.92 Å². The first-order chi connectivity index (χ1) is 2.41. The van der Waals surface area contributed by atoms with E-state index in [1.165, 1.54) is 0 Å². The molecule has 0 aliphatic carbocycles. The zero-order valence-corrected chi connectivity index (χ0v) is 6.40. The van der Waals surface area contributed by atoms with Gasteiger partial charge in [0.2, 0.25) is 17.8 Å². The average molecular weight is 160 g/mol. The van der Waals surface area contributed by atoms with E-state index < -0.39 is 26.4 Å². The summed E-state index contributed by atoms with van der Waals surface area (Å²) >= 11 is 0. The van der Waals surface area contributed by atoms with E-state index in [0.29, 0.717) is 0 Å². The van der Waals surface area contributed by atoms with Gasteiger partial charge in [0, 0.05) is 0 Å². The van der Waals surface area contributed by atoms with Crippen LogP contribution >= 0.6 is 0 Å². The van der Waals surface area contributed by atoms with Gasteiger partial charge in [-0.2, -0.15) is 0 Å². The van der Waals surface area contributed by atoms with Crippen molar-refractivity contribution in [1.82, 2.24) is 0 Å². The Morgan fingerprint density at radius 3 is 1.50 bits per heavy atom. The second-order valence-electron chi connectivity index (χ2n) is 0.569. The molecule has 2 nitrogen and oxygen atoms in total. The molecule has 0 fully saturated rings. The standard InChI is InChI=1S/K.H4O2Si3.H/c;1-3-5-4-2;/h;3-4H,5H2;. The Morgan fingerprint density at radius 2 is 1.50 bits per heavy atom. The first kappa shape index (κ1) is 10.8. The molecule has 0 amide bonds. The molecule has 0 rings (SSSR count). The van der Waals surface area contributed by atoms with Gasteiger partial charge in [0.25, 0.3) is 0 Å². The summed E-state index contributed by atoms with van der Waals surface area (Å²) in [6, 6.07) is 0. The summed E-state index contributed by atoms with van der Waals surface area (Å²) in [7, 11) is -1.71. The van der Waals surface area contributed by atoms with E-state index in [-0.39, 0.29) is 51.4 Å². The summed E-state index contributed by atoms with van der Waals surface area (Å²) in [4.78, 5) is 0. The van der Waals surface area contributed by atoms with Crippen molar-refractivity contribution >= 4 is 77.8 Å². The van der Waals surface area contributed by atoms with E-state index in [0.717, 1.165) is 0 Å². The van der Waals surface area contributed by atoms with E-state index in [4.69, 9.17) is 0 Å². The Kier molecular flexibility index (Phi) is 18.0. The Labute approximate surface area is 85.1 Å². The van der Waals surface area contributed by atoms with E-state index >= 15 is 0 Å². The first-order valence-electron chi connectivity index (χ1n) is 1.29. The monoisotopic (exact) mass is 160 g/mol. The molecule has 6 heavy (non-hydrogen) atoms. The van der Waals surface area contributed by atoms with Crippen molar-refractivity contribution in [3.05, 3.63) is 0 Å². The molecule has 0 saturated carbocycles. The third kappa shape index (κ3) is 9.31. The van der Waals surface area contributed by atoms with Gasteiger partial charge in [-0.3, -0.25) is 0 Å². The molecular formula is H5KO2Si3. The second kappa shape index (κ2) is 9.99. The number of rotatable bonds is 2. The molecule has 0 aromatic rings. The van der Waals surface area contributed by atoms with Gasteiger partial charge in [0.05, 0.1) is 0 Å². The summed E-state index contributed by atoms with van der Waals surface area (Å²) in [5.74, 6) is 0. The van der Waals surface area contributed by atoms with Crippen LogP contribution in [0.3, 0.4) is 0 Å². The maximum absolute atomic E-state index is 9.50. The van der Waals surface area contributed by atoms with E-state index in [9.17, 15) is 8.92 Å². The first-order valence-corrected chi connectivity index (χ1v) is 8.76. The van der Waals surface area contributed by atoms with Gasteiger partial charge in [-0.1, -0.05) is 0 Å². The van der Waals surface area contributed by atoms with E-state index in [2.05, 4.69) is 0 Å². The predicted octanol–water partition coefficient (Wildman–Crippen LogP) is -3.10. The summed E-state index contributed by atoms with van der Waals surface area (Å²) in [6.07, 6.45) is 0. The Hall–Kier alpha value is 1.89. The molecule has 0 aliphatic rings. The van der Waals surface area contributed by atoms with Crippen molar-refractivity contribution in [3.8, 4) is 0 Å². The molecule has 0 saturated heterocycles. The molecule has 0 radical (unpaired) electrons. The average Bonchev–Trinajstić information content (AvgIpc) is 1.41. The third-order valence-corrected chi connectivity index (χ3v) is 5.20. The minimum absolute atomic E-state index is 0. The fourth-order valence-corrected chi connectivity index (χ4v) is 1.06. The minimum atomic E-state index is -0.601. The van der Waals surface area contributed by atoms with Crippen LogP contribution in [0.5, 0.6) is 0 Å². The summed E-state index contributed by atoms with van der Waals surface area (Å²) in [6.45, 7) is 0. The van der Waals surface area contributed by atoms with Crippen LogP contribution in [0, 0.1) is 0 Å². The Balaban J connectivity index is 0. The Bertz CT molecular complexity index is 38.1. The maximum atomic E-state index is 9.50. The molecule has 0 spiro atoms. The fraction of sp³-hybridized carbons (Fsp3) is 0. The molecule has 0 heterocycles. The van der Waals surface area contributed by atoms with Crippen LogP contribution in [0.15, 0.2) is 0 Å². The summed E-state index contributed by atoms with van der Waals surface area (Å²) in [5, 5.41) is 0. The van der Waals surface area contributed by atoms with Crippen LogP contribution in [-0.2, 0) is 8.92 Å². The number of hydrogen-bond donors (Lipinski definition) is 0. The van der Waals surface area contributed by atoms with Crippen LogP contribution in [0.1, 0.15) is 0 Å². The summed E-state index contributed by atoms with van der Waals surface area (Å²) in [5.41, 5.74) is 0. The van der Waals surface area contributed by atoms with Gasteiger partial charge in [0.15, 0.2) is 0 Å². The zero-order chi connectivity index (χ0) is 4.12. The number of hydrogen-bond acceptors (Lipinski definition) is 2. The normalized spacial score (nSPS) is 5.33. The molecule has 0 unspecified atom stereocenters. The van der Waals surface area contributed by atoms with Crippen molar-refractivity contribution in [1.29, 1.82) is 0 Å². The van der Waals surface area contributed by atoms with E-state index in [1.54, 1.807) is 0 Å².